The molecule has 0 heterocycles. The standard InChI is InChI=1S/C12H16O3S/c1-12(2,11(14)15)16-8-10(13)9-6-4-3-5-7-9/h3-7,10,13H,8H2,1-2H3,(H,14,15). The molecule has 3 nitrogen and oxygen atoms in total. The molecule has 16 heavy (non-hydrogen) atoms. The fourth-order valence-electron chi connectivity index (χ4n) is 1.12. The number of carboxylic acids is 1. The van der Waals surface area contributed by atoms with Gasteiger partial charge in [-0.25, -0.2) is 0 Å². The van der Waals surface area contributed by atoms with Crippen molar-refractivity contribution < 1.29 is 15.0 Å². The smallest absolute Gasteiger partial charge is 0.319 e. The van der Waals surface area contributed by atoms with E-state index < -0.39 is 16.8 Å². The Kier molecular flexibility index (Phi) is 4.38. The molecule has 0 aliphatic heterocycles. The number of aliphatic carboxylic acids is 1. The second kappa shape index (κ2) is 5.37. The van der Waals surface area contributed by atoms with E-state index in [0.717, 1.165) is 5.56 Å². The lowest BCUT2D eigenvalue weighted by molar-refractivity contribution is -0.138. The Morgan fingerprint density at radius 2 is 1.94 bits per heavy atom. The van der Waals surface area contributed by atoms with Crippen molar-refractivity contribution in [2.24, 2.45) is 0 Å². The maximum Gasteiger partial charge on any atom is 0.319 e. The van der Waals surface area contributed by atoms with Crippen LogP contribution < -0.4 is 0 Å². The number of aliphatic hydroxyl groups is 1. The van der Waals surface area contributed by atoms with Gasteiger partial charge < -0.3 is 10.2 Å². The lowest BCUT2D eigenvalue weighted by Crippen LogP contribution is -2.28. The molecule has 88 valence electrons. The highest BCUT2D eigenvalue weighted by Crippen LogP contribution is 2.29. The van der Waals surface area contributed by atoms with Crippen LogP contribution in [0.2, 0.25) is 0 Å². The van der Waals surface area contributed by atoms with Gasteiger partial charge in [0.25, 0.3) is 0 Å². The number of carboxylic acid groups (broad SMARTS) is 1. The zero-order valence-corrected chi connectivity index (χ0v) is 10.2. The highest BCUT2D eigenvalue weighted by molar-refractivity contribution is 8.01. The highest BCUT2D eigenvalue weighted by atomic mass is 32.2. The molecule has 0 aromatic heterocycles. The Morgan fingerprint density at radius 3 is 2.44 bits per heavy atom. The van der Waals surface area contributed by atoms with Gasteiger partial charge in [-0.15, -0.1) is 11.8 Å². The van der Waals surface area contributed by atoms with E-state index in [4.69, 9.17) is 5.11 Å². The lowest BCUT2D eigenvalue weighted by atomic mass is 10.1. The van der Waals surface area contributed by atoms with Crippen LogP contribution in [0, 0.1) is 0 Å². The van der Waals surface area contributed by atoms with Crippen molar-refractivity contribution in [3.05, 3.63) is 35.9 Å². The zero-order chi connectivity index (χ0) is 12.2. The maximum atomic E-state index is 10.9. The molecule has 2 N–H and O–H groups in total. The van der Waals surface area contributed by atoms with E-state index in [0.29, 0.717) is 5.75 Å². The molecule has 0 saturated carbocycles. The Labute approximate surface area is 99.5 Å². The molecule has 0 radical (unpaired) electrons. The Morgan fingerprint density at radius 1 is 1.38 bits per heavy atom. The normalized spacial score (nSPS) is 13.4. The van der Waals surface area contributed by atoms with E-state index in [1.165, 1.54) is 11.8 Å². The van der Waals surface area contributed by atoms with Crippen molar-refractivity contribution in [2.75, 3.05) is 5.75 Å². The molecule has 1 rings (SSSR count). The third-order valence-electron chi connectivity index (χ3n) is 2.30. The summed E-state index contributed by atoms with van der Waals surface area (Å²) in [6, 6.07) is 9.25. The van der Waals surface area contributed by atoms with Gasteiger partial charge in [-0.2, -0.15) is 0 Å². The molecule has 0 aliphatic carbocycles. The number of hydrogen-bond donors (Lipinski definition) is 2. The molecule has 1 aromatic carbocycles. The molecule has 0 fully saturated rings. The second-order valence-corrected chi connectivity index (χ2v) is 5.70. The fourth-order valence-corrected chi connectivity index (χ4v) is 2.01. The van der Waals surface area contributed by atoms with E-state index in [-0.39, 0.29) is 0 Å². The van der Waals surface area contributed by atoms with Crippen LogP contribution in [0.1, 0.15) is 25.5 Å². The quantitative estimate of drug-likeness (QED) is 0.829. The number of aliphatic hydroxyl groups excluding tert-OH is 1. The van der Waals surface area contributed by atoms with Crippen LogP contribution in [0.5, 0.6) is 0 Å². The summed E-state index contributed by atoms with van der Waals surface area (Å²) in [7, 11) is 0. The Bertz CT molecular complexity index is 349. The molecular formula is C12H16O3S. The minimum absolute atomic E-state index is 0.378. The number of benzene rings is 1. The van der Waals surface area contributed by atoms with E-state index in [1.54, 1.807) is 13.8 Å². The zero-order valence-electron chi connectivity index (χ0n) is 9.38. The van der Waals surface area contributed by atoms with Crippen molar-refractivity contribution >= 4 is 17.7 Å². The average molecular weight is 240 g/mol. The molecule has 1 aromatic rings. The van der Waals surface area contributed by atoms with Gasteiger partial charge in [0.05, 0.1) is 6.10 Å². The number of carbonyl (C=O) groups is 1. The van der Waals surface area contributed by atoms with Crippen molar-refractivity contribution in [1.82, 2.24) is 0 Å². The molecule has 1 atom stereocenters. The number of rotatable bonds is 5. The first-order valence-corrected chi connectivity index (χ1v) is 6.02. The first kappa shape index (κ1) is 13.1. The average Bonchev–Trinajstić information content (AvgIpc) is 2.27. The predicted octanol–water partition coefficient (Wildman–Crippen LogP) is 2.32. The molecule has 0 amide bonds. The van der Waals surface area contributed by atoms with E-state index in [9.17, 15) is 9.90 Å². The van der Waals surface area contributed by atoms with Crippen LogP contribution in [-0.4, -0.2) is 26.7 Å². The monoisotopic (exact) mass is 240 g/mol. The summed E-state index contributed by atoms with van der Waals surface area (Å²) >= 11 is 1.24. The summed E-state index contributed by atoms with van der Waals surface area (Å²) in [5.41, 5.74) is 0.816. The van der Waals surface area contributed by atoms with Crippen molar-refractivity contribution in [3.63, 3.8) is 0 Å². The van der Waals surface area contributed by atoms with Gasteiger partial charge in [0.1, 0.15) is 4.75 Å². The minimum atomic E-state index is -0.865. The molecule has 0 bridgehead atoms. The number of hydrogen-bond acceptors (Lipinski definition) is 3. The van der Waals surface area contributed by atoms with Crippen molar-refractivity contribution in [1.29, 1.82) is 0 Å². The molecule has 0 spiro atoms. The minimum Gasteiger partial charge on any atom is -0.480 e. The summed E-state index contributed by atoms with van der Waals surface area (Å²) in [5.74, 6) is -0.485. The Balaban J connectivity index is 2.54. The van der Waals surface area contributed by atoms with Crippen LogP contribution in [0.4, 0.5) is 0 Å². The van der Waals surface area contributed by atoms with Gasteiger partial charge in [-0.1, -0.05) is 30.3 Å². The van der Waals surface area contributed by atoms with E-state index >= 15 is 0 Å². The SMILES string of the molecule is CC(C)(SCC(O)c1ccccc1)C(=O)O. The second-order valence-electron chi connectivity index (χ2n) is 4.05. The van der Waals surface area contributed by atoms with Crippen LogP contribution in [0.15, 0.2) is 30.3 Å². The maximum absolute atomic E-state index is 10.9. The third-order valence-corrected chi connectivity index (χ3v) is 3.68. The summed E-state index contributed by atoms with van der Waals surface area (Å²) < 4.78 is -0.865. The van der Waals surface area contributed by atoms with Gasteiger partial charge in [0.2, 0.25) is 0 Å². The molecule has 0 saturated heterocycles. The first-order valence-electron chi connectivity index (χ1n) is 5.04. The Hall–Kier alpha value is -1.00. The van der Waals surface area contributed by atoms with Crippen LogP contribution in [0.3, 0.4) is 0 Å². The molecule has 4 heteroatoms. The van der Waals surface area contributed by atoms with Gasteiger partial charge in [-0.3, -0.25) is 4.79 Å². The summed E-state index contributed by atoms with van der Waals surface area (Å²) in [6.45, 7) is 3.27. The van der Waals surface area contributed by atoms with Crippen LogP contribution >= 0.6 is 11.8 Å². The molecular weight excluding hydrogens is 224 g/mol. The van der Waals surface area contributed by atoms with Crippen LogP contribution in [0.25, 0.3) is 0 Å². The third kappa shape index (κ3) is 3.54. The predicted molar refractivity (Wildman–Crippen MR) is 65.6 cm³/mol. The summed E-state index contributed by atoms with van der Waals surface area (Å²) in [5, 5.41) is 18.8. The highest BCUT2D eigenvalue weighted by Gasteiger charge is 2.28. The van der Waals surface area contributed by atoms with E-state index in [2.05, 4.69) is 0 Å². The summed E-state index contributed by atoms with van der Waals surface area (Å²) in [4.78, 5) is 10.9. The van der Waals surface area contributed by atoms with Gasteiger partial charge in [0, 0.05) is 5.75 Å². The van der Waals surface area contributed by atoms with Crippen molar-refractivity contribution in [2.45, 2.75) is 24.7 Å². The fraction of sp³-hybridized carbons (Fsp3) is 0.417. The molecule has 1 unspecified atom stereocenters. The first-order chi connectivity index (χ1) is 7.43. The van der Waals surface area contributed by atoms with E-state index in [1.807, 2.05) is 30.3 Å². The topological polar surface area (TPSA) is 57.5 Å². The van der Waals surface area contributed by atoms with Gasteiger partial charge >= 0.3 is 5.97 Å². The summed E-state index contributed by atoms with van der Waals surface area (Å²) in [6.07, 6.45) is -0.621. The molecule has 0 aliphatic rings. The van der Waals surface area contributed by atoms with Crippen molar-refractivity contribution in [3.8, 4) is 0 Å². The van der Waals surface area contributed by atoms with Crippen LogP contribution in [-0.2, 0) is 4.79 Å². The largest absolute Gasteiger partial charge is 0.480 e. The number of thioether (sulfide) groups is 1. The van der Waals surface area contributed by atoms with Gasteiger partial charge in [0.15, 0.2) is 0 Å². The lowest BCUT2D eigenvalue weighted by Gasteiger charge is -2.20. The van der Waals surface area contributed by atoms with Gasteiger partial charge in [-0.05, 0) is 19.4 Å².